The maximum absolute atomic E-state index is 12.9. The number of tetrazole rings is 1. The molecule has 0 aliphatic carbocycles. The molecule has 168 valence electrons. The number of methoxy groups -OCH3 is 1. The van der Waals surface area contributed by atoms with E-state index in [1.165, 1.54) is 12.8 Å². The van der Waals surface area contributed by atoms with Gasteiger partial charge in [0, 0.05) is 5.70 Å². The summed E-state index contributed by atoms with van der Waals surface area (Å²) in [5.41, 5.74) is 1.89. The quantitative estimate of drug-likeness (QED) is 0.449. The lowest BCUT2D eigenvalue weighted by Gasteiger charge is -2.28. The van der Waals surface area contributed by atoms with E-state index in [9.17, 15) is 4.79 Å². The minimum atomic E-state index is -0.551. The number of ether oxygens (including phenoxy) is 3. The number of anilines is 1. The van der Waals surface area contributed by atoms with Crippen LogP contribution >= 0.6 is 0 Å². The Morgan fingerprint density at radius 3 is 2.74 bits per heavy atom. The number of allylic oxidation sites excluding steroid dienone is 1. The highest BCUT2D eigenvalue weighted by molar-refractivity contribution is 5.92. The van der Waals surface area contributed by atoms with Crippen molar-refractivity contribution in [3.05, 3.63) is 35.0 Å². The monoisotopic (exact) mass is 429 g/mol. The highest BCUT2D eigenvalue weighted by Crippen LogP contribution is 2.38. The molecule has 2 heterocycles. The molecular weight excluding hydrogens is 398 g/mol. The number of aromatic nitrogens is 4. The average Bonchev–Trinajstić information content (AvgIpc) is 3.20. The molecule has 0 bridgehead atoms. The Morgan fingerprint density at radius 1 is 1.23 bits per heavy atom. The molecule has 1 atom stereocenters. The van der Waals surface area contributed by atoms with Gasteiger partial charge in [-0.2, -0.15) is 4.68 Å². The molecular formula is C22H31N5O4. The lowest BCUT2D eigenvalue weighted by atomic mass is 9.95. The van der Waals surface area contributed by atoms with Gasteiger partial charge in [0.1, 0.15) is 6.04 Å². The Balaban J connectivity index is 1.92. The number of fused-ring (bicyclic) bond motifs is 1. The minimum Gasteiger partial charge on any atom is -0.493 e. The van der Waals surface area contributed by atoms with Crippen molar-refractivity contribution in [3.63, 3.8) is 0 Å². The third-order valence-electron chi connectivity index (χ3n) is 5.04. The normalized spacial score (nSPS) is 15.5. The maximum Gasteiger partial charge on any atom is 0.338 e. The van der Waals surface area contributed by atoms with Crippen molar-refractivity contribution in [2.75, 3.05) is 19.0 Å². The second-order valence-electron chi connectivity index (χ2n) is 7.79. The van der Waals surface area contributed by atoms with Crippen LogP contribution in [0, 0.1) is 0 Å². The second-order valence-corrected chi connectivity index (χ2v) is 7.79. The number of unbranched alkanes of at least 4 members (excludes halogenated alkanes) is 3. The molecule has 2 aromatic rings. The number of esters is 1. The molecule has 31 heavy (non-hydrogen) atoms. The van der Waals surface area contributed by atoms with E-state index in [4.69, 9.17) is 14.2 Å². The molecule has 0 saturated heterocycles. The topological polar surface area (TPSA) is 100 Å². The Kier molecular flexibility index (Phi) is 7.49. The number of carbonyl (C=O) groups excluding carboxylic acids is 1. The van der Waals surface area contributed by atoms with Gasteiger partial charge in [0.05, 0.1) is 25.4 Å². The zero-order valence-electron chi connectivity index (χ0n) is 18.8. The summed E-state index contributed by atoms with van der Waals surface area (Å²) in [4.78, 5) is 12.9. The van der Waals surface area contributed by atoms with E-state index in [-0.39, 0.29) is 6.10 Å². The van der Waals surface area contributed by atoms with Crippen LogP contribution in [0.2, 0.25) is 0 Å². The summed E-state index contributed by atoms with van der Waals surface area (Å²) < 4.78 is 18.6. The number of nitrogens with one attached hydrogen (secondary N) is 1. The fourth-order valence-electron chi connectivity index (χ4n) is 3.55. The Morgan fingerprint density at radius 2 is 2.03 bits per heavy atom. The summed E-state index contributed by atoms with van der Waals surface area (Å²) in [6.07, 6.45) is 4.27. The van der Waals surface area contributed by atoms with Crippen molar-refractivity contribution in [2.45, 2.75) is 65.5 Å². The Bertz CT molecular complexity index is 938. The number of hydrogen-bond donors (Lipinski definition) is 1. The molecule has 1 aromatic carbocycles. The van der Waals surface area contributed by atoms with Crippen LogP contribution in [0.15, 0.2) is 29.5 Å². The molecule has 1 N–H and O–H groups in total. The van der Waals surface area contributed by atoms with Gasteiger partial charge < -0.3 is 19.5 Å². The van der Waals surface area contributed by atoms with E-state index >= 15 is 0 Å². The van der Waals surface area contributed by atoms with Gasteiger partial charge in [0.25, 0.3) is 0 Å². The highest BCUT2D eigenvalue weighted by atomic mass is 16.5. The van der Waals surface area contributed by atoms with Gasteiger partial charge in [-0.3, -0.25) is 0 Å². The van der Waals surface area contributed by atoms with Crippen LogP contribution in [0.1, 0.15) is 65.0 Å². The van der Waals surface area contributed by atoms with Gasteiger partial charge in [-0.15, -0.1) is 0 Å². The van der Waals surface area contributed by atoms with E-state index in [1.807, 2.05) is 39.0 Å². The first-order valence-corrected chi connectivity index (χ1v) is 10.7. The van der Waals surface area contributed by atoms with E-state index in [1.54, 1.807) is 11.8 Å². The van der Waals surface area contributed by atoms with E-state index in [0.717, 1.165) is 18.4 Å². The van der Waals surface area contributed by atoms with Crippen LogP contribution in [-0.4, -0.2) is 46.0 Å². The number of nitrogens with zero attached hydrogens (tertiary/aromatic N) is 4. The van der Waals surface area contributed by atoms with Gasteiger partial charge in [-0.1, -0.05) is 37.4 Å². The number of rotatable bonds is 10. The predicted molar refractivity (Wildman–Crippen MR) is 116 cm³/mol. The van der Waals surface area contributed by atoms with Crippen molar-refractivity contribution in [1.29, 1.82) is 0 Å². The zero-order valence-corrected chi connectivity index (χ0v) is 18.8. The fourth-order valence-corrected chi connectivity index (χ4v) is 3.55. The molecule has 9 heteroatoms. The first-order chi connectivity index (χ1) is 15.0. The molecule has 1 aromatic heterocycles. The van der Waals surface area contributed by atoms with Crippen LogP contribution in [0.4, 0.5) is 5.95 Å². The van der Waals surface area contributed by atoms with Crippen LogP contribution in [0.5, 0.6) is 11.5 Å². The molecule has 1 unspecified atom stereocenters. The summed E-state index contributed by atoms with van der Waals surface area (Å²) in [7, 11) is 1.60. The van der Waals surface area contributed by atoms with Gasteiger partial charge in [-0.25, -0.2) is 4.79 Å². The molecule has 0 amide bonds. The summed E-state index contributed by atoms with van der Waals surface area (Å²) in [6, 6.07) is 5.07. The minimum absolute atomic E-state index is 0.248. The summed E-state index contributed by atoms with van der Waals surface area (Å²) in [6.45, 7) is 8.26. The number of hydrogen-bond acceptors (Lipinski definition) is 8. The fraction of sp³-hybridized carbons (Fsp3) is 0.545. The van der Waals surface area contributed by atoms with Gasteiger partial charge >= 0.3 is 5.97 Å². The summed E-state index contributed by atoms with van der Waals surface area (Å²) in [5, 5.41) is 14.9. The van der Waals surface area contributed by atoms with E-state index in [0.29, 0.717) is 35.3 Å². The van der Waals surface area contributed by atoms with Gasteiger partial charge in [0.2, 0.25) is 5.95 Å². The number of carbonyl (C=O) groups is 1. The van der Waals surface area contributed by atoms with Crippen LogP contribution in [0.25, 0.3) is 0 Å². The SMILES string of the molecule is CCCCCCOc1ccc(C2C(C(=O)OC(C)C)=C(C)Nc3nnnn32)cc1OC. The lowest BCUT2D eigenvalue weighted by Crippen LogP contribution is -2.30. The largest absolute Gasteiger partial charge is 0.493 e. The van der Waals surface area contributed by atoms with Crippen LogP contribution in [-0.2, 0) is 9.53 Å². The molecule has 1 aliphatic rings. The average molecular weight is 430 g/mol. The zero-order chi connectivity index (χ0) is 22.4. The predicted octanol–water partition coefficient (Wildman–Crippen LogP) is 3.88. The van der Waals surface area contributed by atoms with Crippen molar-refractivity contribution in [3.8, 4) is 11.5 Å². The standard InChI is InChI=1S/C22H31N5O4/c1-6-7-8-9-12-30-17-11-10-16(13-18(17)29-5)20-19(21(28)31-14(2)3)15(4)23-22-24-25-26-27(20)22/h10-11,13-14,20H,6-9,12H2,1-5H3,(H,23,24,26). The van der Waals surface area contributed by atoms with Crippen LogP contribution in [0.3, 0.4) is 0 Å². The first-order valence-electron chi connectivity index (χ1n) is 10.7. The van der Waals surface area contributed by atoms with E-state index < -0.39 is 12.0 Å². The molecule has 0 fully saturated rings. The summed E-state index contributed by atoms with van der Waals surface area (Å²) in [5.74, 6) is 1.30. The van der Waals surface area contributed by atoms with Crippen molar-refractivity contribution in [2.24, 2.45) is 0 Å². The second kappa shape index (κ2) is 10.3. The molecule has 3 rings (SSSR count). The molecule has 0 radical (unpaired) electrons. The van der Waals surface area contributed by atoms with E-state index in [2.05, 4.69) is 27.8 Å². The summed E-state index contributed by atoms with van der Waals surface area (Å²) >= 11 is 0. The number of benzene rings is 1. The van der Waals surface area contributed by atoms with Crippen LogP contribution < -0.4 is 14.8 Å². The first kappa shape index (κ1) is 22.6. The lowest BCUT2D eigenvalue weighted by molar-refractivity contribution is -0.143. The Labute approximate surface area is 182 Å². The maximum atomic E-state index is 12.9. The smallest absolute Gasteiger partial charge is 0.338 e. The molecule has 9 nitrogen and oxygen atoms in total. The van der Waals surface area contributed by atoms with Crippen molar-refractivity contribution >= 4 is 11.9 Å². The molecule has 0 spiro atoms. The molecule has 0 saturated carbocycles. The highest BCUT2D eigenvalue weighted by Gasteiger charge is 2.35. The van der Waals surface area contributed by atoms with Gasteiger partial charge in [-0.05, 0) is 55.3 Å². The Hall–Kier alpha value is -3.10. The third-order valence-corrected chi connectivity index (χ3v) is 5.04. The van der Waals surface area contributed by atoms with Crippen molar-refractivity contribution < 1.29 is 19.0 Å². The molecule has 1 aliphatic heterocycles. The van der Waals surface area contributed by atoms with Gasteiger partial charge in [0.15, 0.2) is 11.5 Å². The van der Waals surface area contributed by atoms with Crippen molar-refractivity contribution in [1.82, 2.24) is 20.2 Å². The third kappa shape index (κ3) is 5.15.